The number of nitrogens with one attached hydrogen (secondary N) is 1. The molecule has 2 aromatic heterocycles. The summed E-state index contributed by atoms with van der Waals surface area (Å²) in [7, 11) is 0. The Kier molecular flexibility index (Phi) is 1.68. The smallest absolute Gasteiger partial charge is 0.206 e. The fraction of sp³-hybridized carbons (Fsp3) is 0. The van der Waals surface area contributed by atoms with E-state index in [4.69, 9.17) is 0 Å². The van der Waals surface area contributed by atoms with E-state index in [1.54, 1.807) is 6.20 Å². The average molecular weight is 197 g/mol. The van der Waals surface area contributed by atoms with Crippen LogP contribution >= 0.6 is 0 Å². The van der Waals surface area contributed by atoms with Crippen molar-refractivity contribution in [2.45, 2.75) is 0 Å². The fourth-order valence-corrected chi connectivity index (χ4v) is 1.56. The number of benzene rings is 1. The lowest BCUT2D eigenvalue weighted by molar-refractivity contribution is 0.881. The molecule has 0 aliphatic rings. The first-order valence-corrected chi connectivity index (χ1v) is 4.53. The highest BCUT2D eigenvalue weighted by Gasteiger charge is 2.07. The lowest BCUT2D eigenvalue weighted by Gasteiger charge is -2.00. The van der Waals surface area contributed by atoms with Gasteiger partial charge < -0.3 is 0 Å². The van der Waals surface area contributed by atoms with Gasteiger partial charge in [0.25, 0.3) is 0 Å². The van der Waals surface area contributed by atoms with Crippen molar-refractivity contribution in [1.29, 1.82) is 0 Å². The molecule has 15 heavy (non-hydrogen) atoms. The second kappa shape index (κ2) is 3.13. The molecule has 0 atom stereocenters. The maximum absolute atomic E-state index is 4.32. The molecule has 5 nitrogen and oxygen atoms in total. The molecule has 72 valence electrons. The molecule has 0 radical (unpaired) electrons. The summed E-state index contributed by atoms with van der Waals surface area (Å²) in [5.41, 5.74) is 1.78. The first-order valence-electron chi connectivity index (χ1n) is 4.53. The molecule has 0 saturated carbocycles. The van der Waals surface area contributed by atoms with Crippen LogP contribution in [0.1, 0.15) is 0 Å². The summed E-state index contributed by atoms with van der Waals surface area (Å²) in [6, 6.07) is 9.80. The number of fused-ring (bicyclic) bond motifs is 1. The Labute approximate surface area is 85.2 Å². The first kappa shape index (κ1) is 8.05. The largest absolute Gasteiger partial charge is 0.255 e. The summed E-state index contributed by atoms with van der Waals surface area (Å²) < 4.78 is 0. The predicted octanol–water partition coefficient (Wildman–Crippen LogP) is 1.41. The van der Waals surface area contributed by atoms with Gasteiger partial charge in [-0.3, -0.25) is 4.98 Å². The second-order valence-corrected chi connectivity index (χ2v) is 3.12. The van der Waals surface area contributed by atoms with Gasteiger partial charge in [-0.05, 0) is 17.3 Å². The lowest BCUT2D eigenvalue weighted by atomic mass is 10.1. The van der Waals surface area contributed by atoms with E-state index in [0.29, 0.717) is 5.82 Å². The number of hydrogen-bond acceptors (Lipinski definition) is 4. The van der Waals surface area contributed by atoms with Crippen LogP contribution in [-0.2, 0) is 0 Å². The van der Waals surface area contributed by atoms with E-state index in [2.05, 4.69) is 25.6 Å². The van der Waals surface area contributed by atoms with Crippen molar-refractivity contribution >= 4 is 10.9 Å². The number of hydrogen-bond donors (Lipinski definition) is 1. The molecule has 0 aliphatic carbocycles. The average Bonchev–Trinajstić information content (AvgIpc) is 2.82. The summed E-state index contributed by atoms with van der Waals surface area (Å²) in [6.07, 6.45) is 1.76. The summed E-state index contributed by atoms with van der Waals surface area (Å²) in [6.45, 7) is 0. The Morgan fingerprint density at radius 1 is 1.07 bits per heavy atom. The third kappa shape index (κ3) is 1.25. The molecule has 0 unspecified atom stereocenters. The van der Waals surface area contributed by atoms with Gasteiger partial charge in [-0.2, -0.15) is 5.21 Å². The molecule has 0 aliphatic heterocycles. The Morgan fingerprint density at radius 3 is 2.87 bits per heavy atom. The molecule has 5 heteroatoms. The highest BCUT2D eigenvalue weighted by Crippen LogP contribution is 2.22. The van der Waals surface area contributed by atoms with Crippen LogP contribution in [-0.4, -0.2) is 25.6 Å². The van der Waals surface area contributed by atoms with Crippen molar-refractivity contribution in [3.05, 3.63) is 36.5 Å². The van der Waals surface area contributed by atoms with E-state index >= 15 is 0 Å². The molecule has 2 heterocycles. The zero-order valence-electron chi connectivity index (χ0n) is 7.75. The highest BCUT2D eigenvalue weighted by molar-refractivity contribution is 5.91. The van der Waals surface area contributed by atoms with Crippen molar-refractivity contribution in [2.24, 2.45) is 0 Å². The van der Waals surface area contributed by atoms with Gasteiger partial charge >= 0.3 is 0 Å². The number of nitrogens with zero attached hydrogens (tertiary/aromatic N) is 4. The maximum Gasteiger partial charge on any atom is 0.206 e. The van der Waals surface area contributed by atoms with Gasteiger partial charge in [-0.1, -0.05) is 18.2 Å². The van der Waals surface area contributed by atoms with Crippen LogP contribution in [0.2, 0.25) is 0 Å². The van der Waals surface area contributed by atoms with E-state index in [9.17, 15) is 0 Å². The van der Waals surface area contributed by atoms with Crippen LogP contribution in [0.5, 0.6) is 0 Å². The molecule has 0 saturated heterocycles. The van der Waals surface area contributed by atoms with Crippen LogP contribution in [0.3, 0.4) is 0 Å². The Balaban J connectivity index is 2.36. The van der Waals surface area contributed by atoms with E-state index in [-0.39, 0.29) is 0 Å². The Bertz CT molecular complexity index is 582. The standard InChI is InChI=1S/C10H7N5/c1-3-7-4-2-6-11-9(7)8(5-1)10-12-14-15-13-10/h1-6H,(H,12,13,14,15). The number of para-hydroxylation sites is 1. The fourth-order valence-electron chi connectivity index (χ4n) is 1.56. The highest BCUT2D eigenvalue weighted by atomic mass is 15.5. The zero-order valence-corrected chi connectivity index (χ0v) is 7.75. The Morgan fingerprint density at radius 2 is 2.00 bits per heavy atom. The SMILES string of the molecule is c1cnc2c(-c3nn[nH]n3)cccc2c1. The van der Waals surface area contributed by atoms with Crippen molar-refractivity contribution < 1.29 is 0 Å². The van der Waals surface area contributed by atoms with Crippen LogP contribution in [0.4, 0.5) is 0 Å². The van der Waals surface area contributed by atoms with Crippen LogP contribution in [0.25, 0.3) is 22.3 Å². The molecule has 0 amide bonds. The lowest BCUT2D eigenvalue weighted by Crippen LogP contribution is -1.86. The van der Waals surface area contributed by atoms with Gasteiger partial charge in [0.05, 0.1) is 5.52 Å². The molecule has 1 N–H and O–H groups in total. The maximum atomic E-state index is 4.32. The first-order chi connectivity index (χ1) is 7.45. The van der Waals surface area contributed by atoms with E-state index in [1.165, 1.54) is 0 Å². The third-order valence-corrected chi connectivity index (χ3v) is 2.22. The minimum Gasteiger partial charge on any atom is -0.255 e. The topological polar surface area (TPSA) is 67.3 Å². The zero-order chi connectivity index (χ0) is 10.1. The minimum atomic E-state index is 0.569. The minimum absolute atomic E-state index is 0.569. The monoisotopic (exact) mass is 197 g/mol. The molecule has 1 aromatic carbocycles. The molecule has 0 spiro atoms. The van der Waals surface area contributed by atoms with Crippen molar-refractivity contribution in [3.8, 4) is 11.4 Å². The van der Waals surface area contributed by atoms with Crippen molar-refractivity contribution in [1.82, 2.24) is 25.6 Å². The number of aromatic nitrogens is 5. The van der Waals surface area contributed by atoms with Crippen LogP contribution in [0, 0.1) is 0 Å². The molecule has 0 bridgehead atoms. The molecule has 3 aromatic rings. The molecular weight excluding hydrogens is 190 g/mol. The van der Waals surface area contributed by atoms with Gasteiger partial charge in [0, 0.05) is 17.1 Å². The van der Waals surface area contributed by atoms with Gasteiger partial charge in [-0.25, -0.2) is 0 Å². The van der Waals surface area contributed by atoms with E-state index in [1.807, 2.05) is 30.3 Å². The molecule has 0 fully saturated rings. The number of aromatic amines is 1. The quantitative estimate of drug-likeness (QED) is 0.640. The number of pyridine rings is 1. The Hall–Kier alpha value is -2.30. The van der Waals surface area contributed by atoms with E-state index < -0.39 is 0 Å². The van der Waals surface area contributed by atoms with Crippen LogP contribution < -0.4 is 0 Å². The number of H-pyrrole nitrogens is 1. The van der Waals surface area contributed by atoms with Gasteiger partial charge in [0.15, 0.2) is 0 Å². The molecular formula is C10H7N5. The van der Waals surface area contributed by atoms with Crippen molar-refractivity contribution in [3.63, 3.8) is 0 Å². The normalized spacial score (nSPS) is 10.7. The molecule has 3 rings (SSSR count). The van der Waals surface area contributed by atoms with Gasteiger partial charge in [0.2, 0.25) is 5.82 Å². The predicted molar refractivity (Wildman–Crippen MR) is 54.9 cm³/mol. The van der Waals surface area contributed by atoms with Crippen molar-refractivity contribution in [2.75, 3.05) is 0 Å². The van der Waals surface area contributed by atoms with Gasteiger partial charge in [0.1, 0.15) is 0 Å². The van der Waals surface area contributed by atoms with E-state index in [0.717, 1.165) is 16.5 Å². The van der Waals surface area contributed by atoms with Crippen LogP contribution in [0.15, 0.2) is 36.5 Å². The number of tetrazole rings is 1. The summed E-state index contributed by atoms with van der Waals surface area (Å²) in [4.78, 5) is 4.32. The van der Waals surface area contributed by atoms with Gasteiger partial charge in [-0.15, -0.1) is 10.2 Å². The summed E-state index contributed by atoms with van der Waals surface area (Å²) >= 11 is 0. The summed E-state index contributed by atoms with van der Waals surface area (Å²) in [5.74, 6) is 0.569. The number of rotatable bonds is 1. The third-order valence-electron chi connectivity index (χ3n) is 2.22. The summed E-state index contributed by atoms with van der Waals surface area (Å²) in [5, 5.41) is 14.9. The second-order valence-electron chi connectivity index (χ2n) is 3.12.